The van der Waals surface area contributed by atoms with Gasteiger partial charge in [0.1, 0.15) is 10.8 Å². The molecular weight excluding hydrogens is 315 g/mol. The Labute approximate surface area is 133 Å². The maximum atomic E-state index is 12.4. The number of Topliss-reactive ketones (excluding diaryl/α,β-unsaturated/α-hetero) is 1. The molecule has 0 radical (unpaired) electrons. The minimum absolute atomic E-state index is 0.00256. The third-order valence-electron chi connectivity index (χ3n) is 3.69. The molecule has 1 N–H and O–H groups in total. The zero-order chi connectivity index (χ0) is 15.6. The fraction of sp³-hybridized carbons (Fsp3) is 0.467. The van der Waals surface area contributed by atoms with Crippen LogP contribution in [0.2, 0.25) is 10.0 Å². The van der Waals surface area contributed by atoms with E-state index in [1.807, 2.05) is 0 Å². The van der Waals surface area contributed by atoms with E-state index in [1.165, 1.54) is 13.0 Å². The van der Waals surface area contributed by atoms with Crippen LogP contribution in [-0.2, 0) is 4.79 Å². The number of aliphatic carboxylic acids is 1. The quantitative estimate of drug-likeness (QED) is 0.821. The van der Waals surface area contributed by atoms with Gasteiger partial charge in [0.25, 0.3) is 0 Å². The van der Waals surface area contributed by atoms with Crippen LogP contribution in [0, 0.1) is 5.92 Å². The van der Waals surface area contributed by atoms with Crippen LogP contribution in [0.1, 0.15) is 43.0 Å². The number of carboxylic acid groups (broad SMARTS) is 1. The zero-order valence-electron chi connectivity index (χ0n) is 11.6. The van der Waals surface area contributed by atoms with E-state index in [2.05, 4.69) is 0 Å². The first kappa shape index (κ1) is 16.1. The van der Waals surface area contributed by atoms with Crippen LogP contribution in [0.25, 0.3) is 0 Å². The van der Waals surface area contributed by atoms with Gasteiger partial charge in [-0.2, -0.15) is 0 Å². The summed E-state index contributed by atoms with van der Waals surface area (Å²) in [5.74, 6) is -0.937. The number of carboxylic acids is 1. The third kappa shape index (κ3) is 3.50. The molecule has 1 atom stereocenters. The van der Waals surface area contributed by atoms with Crippen molar-refractivity contribution in [2.45, 2.75) is 38.7 Å². The SMILES string of the molecule is C[C@@H](Oc1ccc(C(=O)C2CCCC2)c(Cl)c1Cl)C(=O)O. The second kappa shape index (κ2) is 6.67. The number of hydrogen-bond acceptors (Lipinski definition) is 3. The van der Waals surface area contributed by atoms with Gasteiger partial charge >= 0.3 is 5.97 Å². The summed E-state index contributed by atoms with van der Waals surface area (Å²) in [6.45, 7) is 1.39. The first-order valence-corrected chi connectivity index (χ1v) is 7.59. The lowest BCUT2D eigenvalue weighted by molar-refractivity contribution is -0.144. The number of ether oxygens (including phenoxy) is 1. The molecule has 21 heavy (non-hydrogen) atoms. The normalized spacial score (nSPS) is 16.7. The molecule has 0 aliphatic heterocycles. The van der Waals surface area contributed by atoms with Crippen LogP contribution in [0.3, 0.4) is 0 Å². The van der Waals surface area contributed by atoms with Crippen LogP contribution < -0.4 is 4.74 Å². The summed E-state index contributed by atoms with van der Waals surface area (Å²) in [5, 5.41) is 9.04. The standard InChI is InChI=1S/C15H16Cl2O4/c1-8(15(19)20)21-11-7-6-10(12(16)13(11)17)14(18)9-4-2-3-5-9/h6-9H,2-5H2,1H3,(H,19,20)/t8-/m1/s1. The summed E-state index contributed by atoms with van der Waals surface area (Å²) in [6, 6.07) is 3.05. The van der Waals surface area contributed by atoms with Gasteiger partial charge in [0.15, 0.2) is 11.9 Å². The summed E-state index contributed by atoms with van der Waals surface area (Å²) >= 11 is 12.3. The fourth-order valence-electron chi connectivity index (χ4n) is 2.46. The van der Waals surface area contributed by atoms with Crippen LogP contribution >= 0.6 is 23.2 Å². The predicted octanol–water partition coefficient (Wildman–Crippen LogP) is 4.22. The third-order valence-corrected chi connectivity index (χ3v) is 4.55. The van der Waals surface area contributed by atoms with E-state index in [0.29, 0.717) is 5.56 Å². The number of benzene rings is 1. The van der Waals surface area contributed by atoms with Crippen LogP contribution in [0.4, 0.5) is 0 Å². The molecule has 1 aliphatic rings. The summed E-state index contributed by atoms with van der Waals surface area (Å²) in [5.41, 5.74) is 0.379. The van der Waals surface area contributed by atoms with E-state index < -0.39 is 12.1 Å². The Morgan fingerprint density at radius 3 is 2.43 bits per heavy atom. The Balaban J connectivity index is 2.24. The van der Waals surface area contributed by atoms with Gasteiger partial charge in [-0.1, -0.05) is 36.0 Å². The highest BCUT2D eigenvalue weighted by Crippen LogP contribution is 2.38. The van der Waals surface area contributed by atoms with Crippen LogP contribution in [-0.4, -0.2) is 23.0 Å². The monoisotopic (exact) mass is 330 g/mol. The Kier molecular flexibility index (Phi) is 5.12. The average Bonchev–Trinajstić information content (AvgIpc) is 2.97. The second-order valence-corrected chi connectivity index (χ2v) is 5.94. The summed E-state index contributed by atoms with van der Waals surface area (Å²) in [4.78, 5) is 23.2. The maximum Gasteiger partial charge on any atom is 0.344 e. The lowest BCUT2D eigenvalue weighted by Crippen LogP contribution is -2.23. The Hall–Kier alpha value is -1.26. The molecule has 0 saturated heterocycles. The Morgan fingerprint density at radius 2 is 1.86 bits per heavy atom. The van der Waals surface area contributed by atoms with Crippen molar-refractivity contribution >= 4 is 35.0 Å². The summed E-state index contributed by atoms with van der Waals surface area (Å²) in [7, 11) is 0. The molecule has 0 aromatic heterocycles. The number of ketones is 1. The van der Waals surface area contributed by atoms with Crippen molar-refractivity contribution in [2.75, 3.05) is 0 Å². The molecule has 6 heteroatoms. The van der Waals surface area contributed by atoms with Gasteiger partial charge in [0.2, 0.25) is 0 Å². The Morgan fingerprint density at radius 1 is 1.24 bits per heavy atom. The van der Waals surface area contributed by atoms with Crippen LogP contribution in [0.15, 0.2) is 12.1 Å². The van der Waals surface area contributed by atoms with E-state index in [1.54, 1.807) is 6.07 Å². The molecule has 1 aromatic carbocycles. The molecule has 1 aromatic rings. The Bertz CT molecular complexity index is 565. The molecule has 0 unspecified atom stereocenters. The summed E-state index contributed by atoms with van der Waals surface area (Å²) in [6.07, 6.45) is 2.82. The van der Waals surface area contributed by atoms with E-state index in [9.17, 15) is 9.59 Å². The number of carbonyl (C=O) groups is 2. The number of hydrogen-bond donors (Lipinski definition) is 1. The highest BCUT2D eigenvalue weighted by molar-refractivity contribution is 6.44. The number of halogens is 2. The van der Waals surface area contributed by atoms with E-state index in [0.717, 1.165) is 25.7 Å². The van der Waals surface area contributed by atoms with Gasteiger partial charge in [-0.15, -0.1) is 0 Å². The molecular formula is C15H16Cl2O4. The highest BCUT2D eigenvalue weighted by atomic mass is 35.5. The molecule has 4 nitrogen and oxygen atoms in total. The largest absolute Gasteiger partial charge is 0.479 e. The van der Waals surface area contributed by atoms with Crippen molar-refractivity contribution < 1.29 is 19.4 Å². The molecule has 0 bridgehead atoms. The molecule has 0 amide bonds. The smallest absolute Gasteiger partial charge is 0.344 e. The van der Waals surface area contributed by atoms with Gasteiger partial charge in [-0.05, 0) is 31.9 Å². The first-order chi connectivity index (χ1) is 9.91. The van der Waals surface area contributed by atoms with Gasteiger partial charge < -0.3 is 9.84 Å². The van der Waals surface area contributed by atoms with Gasteiger partial charge in [-0.25, -0.2) is 4.79 Å². The molecule has 114 valence electrons. The topological polar surface area (TPSA) is 63.6 Å². The van der Waals surface area contributed by atoms with Crippen molar-refractivity contribution in [2.24, 2.45) is 5.92 Å². The maximum absolute atomic E-state index is 12.4. The highest BCUT2D eigenvalue weighted by Gasteiger charge is 2.27. The minimum Gasteiger partial charge on any atom is -0.479 e. The zero-order valence-corrected chi connectivity index (χ0v) is 13.1. The van der Waals surface area contributed by atoms with Crippen molar-refractivity contribution in [1.82, 2.24) is 0 Å². The number of carbonyl (C=O) groups excluding carboxylic acids is 1. The molecule has 0 heterocycles. The number of rotatable bonds is 5. The second-order valence-electron chi connectivity index (χ2n) is 5.18. The fourth-order valence-corrected chi connectivity index (χ4v) is 2.92. The van der Waals surface area contributed by atoms with Crippen molar-refractivity contribution in [3.05, 3.63) is 27.7 Å². The summed E-state index contributed by atoms with van der Waals surface area (Å²) < 4.78 is 5.22. The van der Waals surface area contributed by atoms with Crippen molar-refractivity contribution in [3.8, 4) is 5.75 Å². The predicted molar refractivity (Wildman–Crippen MR) is 80.5 cm³/mol. The van der Waals surface area contributed by atoms with E-state index >= 15 is 0 Å². The first-order valence-electron chi connectivity index (χ1n) is 6.83. The van der Waals surface area contributed by atoms with Gasteiger partial charge in [-0.3, -0.25) is 4.79 Å². The minimum atomic E-state index is -1.10. The van der Waals surface area contributed by atoms with Crippen molar-refractivity contribution in [1.29, 1.82) is 0 Å². The van der Waals surface area contributed by atoms with Crippen molar-refractivity contribution in [3.63, 3.8) is 0 Å². The van der Waals surface area contributed by atoms with Gasteiger partial charge in [0.05, 0.1) is 5.02 Å². The molecule has 1 saturated carbocycles. The molecule has 1 aliphatic carbocycles. The van der Waals surface area contributed by atoms with E-state index in [4.69, 9.17) is 33.0 Å². The van der Waals surface area contributed by atoms with E-state index in [-0.39, 0.29) is 27.5 Å². The van der Waals surface area contributed by atoms with Crippen LogP contribution in [0.5, 0.6) is 5.75 Å². The molecule has 2 rings (SSSR count). The van der Waals surface area contributed by atoms with Gasteiger partial charge in [0, 0.05) is 11.5 Å². The lowest BCUT2D eigenvalue weighted by Gasteiger charge is -2.15. The molecule has 1 fully saturated rings. The molecule has 0 spiro atoms. The lowest BCUT2D eigenvalue weighted by atomic mass is 9.96. The average molecular weight is 331 g/mol.